The van der Waals surface area contributed by atoms with Crippen molar-refractivity contribution in [2.75, 3.05) is 31.8 Å². The summed E-state index contributed by atoms with van der Waals surface area (Å²) in [5, 5.41) is 4.76. The van der Waals surface area contributed by atoms with Crippen LogP contribution in [-0.4, -0.2) is 56.6 Å². The van der Waals surface area contributed by atoms with Crippen LogP contribution in [0.25, 0.3) is 0 Å². The molecule has 0 saturated carbocycles. The van der Waals surface area contributed by atoms with Crippen LogP contribution in [0.5, 0.6) is 5.88 Å². The van der Waals surface area contributed by atoms with E-state index in [4.69, 9.17) is 4.74 Å². The Balaban J connectivity index is 2.14. The first-order valence-corrected chi connectivity index (χ1v) is 9.41. The molecule has 3 N–H and O–H groups in total. The van der Waals surface area contributed by atoms with E-state index < -0.39 is 22.1 Å². The van der Waals surface area contributed by atoms with Gasteiger partial charge in [-0.25, -0.2) is 27.7 Å². The van der Waals surface area contributed by atoms with Gasteiger partial charge in [-0.3, -0.25) is 5.32 Å². The molecule has 28 heavy (non-hydrogen) atoms. The number of urea groups is 2. The number of rotatable bonds is 5. The topological polar surface area (TPSA) is 143 Å². The summed E-state index contributed by atoms with van der Waals surface area (Å²) in [5.74, 6) is 0.103. The average molecular weight is 408 g/mol. The highest BCUT2D eigenvalue weighted by Crippen LogP contribution is 2.16. The zero-order valence-electron chi connectivity index (χ0n) is 15.7. The number of carbonyl (C=O) groups excluding carboxylic acids is 2. The molecule has 12 heteroatoms. The number of ether oxygens (including phenoxy) is 1. The third-order valence-electron chi connectivity index (χ3n) is 3.29. The minimum Gasteiger partial charge on any atom is -0.481 e. The predicted octanol–water partition coefficient (Wildman–Crippen LogP) is 1.40. The molecule has 0 unspecified atom stereocenters. The fourth-order valence-electron chi connectivity index (χ4n) is 1.98. The van der Waals surface area contributed by atoms with Crippen molar-refractivity contribution in [2.45, 2.75) is 11.8 Å². The van der Waals surface area contributed by atoms with Crippen LogP contribution in [0, 0.1) is 6.92 Å². The second-order valence-corrected chi connectivity index (χ2v) is 7.47. The fraction of sp³-hybridized carbons (Fsp3) is 0.250. The van der Waals surface area contributed by atoms with Crippen LogP contribution in [0.2, 0.25) is 0 Å². The normalized spacial score (nSPS) is 10.7. The van der Waals surface area contributed by atoms with E-state index in [1.54, 1.807) is 27.1 Å². The summed E-state index contributed by atoms with van der Waals surface area (Å²) in [6.45, 7) is 1.66. The number of hydrogen-bond acceptors (Lipinski definition) is 7. The van der Waals surface area contributed by atoms with Crippen LogP contribution >= 0.6 is 0 Å². The maximum absolute atomic E-state index is 12.4. The maximum atomic E-state index is 12.4. The quantitative estimate of drug-likeness (QED) is 0.678. The van der Waals surface area contributed by atoms with Crippen LogP contribution in [0.1, 0.15) is 5.69 Å². The number of nitrogens with zero attached hydrogens (tertiary/aromatic N) is 3. The molecule has 1 aromatic carbocycles. The molecular weight excluding hydrogens is 388 g/mol. The maximum Gasteiger partial charge on any atom is 0.335 e. The summed E-state index contributed by atoms with van der Waals surface area (Å²) in [4.78, 5) is 32.7. The number of carbonyl (C=O) groups is 2. The number of nitrogens with one attached hydrogen (secondary N) is 3. The lowest BCUT2D eigenvalue weighted by molar-refractivity contribution is 0.230. The minimum absolute atomic E-state index is 0.114. The van der Waals surface area contributed by atoms with Gasteiger partial charge in [0.1, 0.15) is 0 Å². The van der Waals surface area contributed by atoms with Crippen molar-refractivity contribution in [3.05, 3.63) is 36.0 Å². The van der Waals surface area contributed by atoms with Gasteiger partial charge in [0.05, 0.1) is 12.0 Å². The number of benzene rings is 1. The molecule has 2 aromatic rings. The van der Waals surface area contributed by atoms with Crippen LogP contribution in [-0.2, 0) is 10.0 Å². The summed E-state index contributed by atoms with van der Waals surface area (Å²) in [6, 6.07) is 5.55. The van der Waals surface area contributed by atoms with Gasteiger partial charge < -0.3 is 15.0 Å². The standard InChI is InChI=1S/C16H20N6O5S/c1-10-8-13(27-4)19-14(17-10)20-15(23)21-28(25,26)12-7-5-6-11(9-12)18-16(24)22(2)3/h5-9H,1-4H3,(H,18,24)(H2,17,19,20,21,23). The van der Waals surface area contributed by atoms with Gasteiger partial charge >= 0.3 is 12.1 Å². The Hall–Kier alpha value is -3.41. The monoisotopic (exact) mass is 408 g/mol. The van der Waals surface area contributed by atoms with E-state index >= 15 is 0 Å². The van der Waals surface area contributed by atoms with Crippen LogP contribution in [0.15, 0.2) is 35.2 Å². The molecule has 0 atom stereocenters. The van der Waals surface area contributed by atoms with E-state index in [0.29, 0.717) is 5.69 Å². The molecule has 4 amide bonds. The van der Waals surface area contributed by atoms with E-state index in [1.165, 1.54) is 36.3 Å². The molecule has 1 heterocycles. The van der Waals surface area contributed by atoms with Gasteiger partial charge in [0, 0.05) is 31.5 Å². The molecule has 2 rings (SSSR count). The van der Waals surface area contributed by atoms with E-state index in [0.717, 1.165) is 0 Å². The largest absolute Gasteiger partial charge is 0.481 e. The number of sulfonamides is 1. The highest BCUT2D eigenvalue weighted by Gasteiger charge is 2.19. The zero-order valence-corrected chi connectivity index (χ0v) is 16.5. The molecule has 0 bridgehead atoms. The van der Waals surface area contributed by atoms with E-state index in [2.05, 4.69) is 20.6 Å². The lowest BCUT2D eigenvalue weighted by Crippen LogP contribution is -2.35. The number of methoxy groups -OCH3 is 1. The number of anilines is 2. The SMILES string of the molecule is COc1cc(C)nc(NC(=O)NS(=O)(=O)c2cccc(NC(=O)N(C)C)c2)n1. The van der Waals surface area contributed by atoms with Crippen molar-refractivity contribution in [3.8, 4) is 5.88 Å². The number of aromatic nitrogens is 2. The average Bonchev–Trinajstić information content (AvgIpc) is 2.60. The summed E-state index contributed by atoms with van der Waals surface area (Å²) < 4.78 is 31.7. The van der Waals surface area contributed by atoms with Crippen LogP contribution < -0.4 is 20.1 Å². The number of aryl methyl sites for hydroxylation is 1. The lowest BCUT2D eigenvalue weighted by atomic mass is 10.3. The molecule has 0 radical (unpaired) electrons. The third-order valence-corrected chi connectivity index (χ3v) is 4.62. The van der Waals surface area contributed by atoms with Gasteiger partial charge in [-0.05, 0) is 25.1 Å². The smallest absolute Gasteiger partial charge is 0.335 e. The molecule has 1 aromatic heterocycles. The molecule has 150 valence electrons. The predicted molar refractivity (Wildman–Crippen MR) is 102 cm³/mol. The first kappa shape index (κ1) is 20.9. The Morgan fingerprint density at radius 2 is 1.82 bits per heavy atom. The molecule has 0 fully saturated rings. The highest BCUT2D eigenvalue weighted by atomic mass is 32.2. The second-order valence-electron chi connectivity index (χ2n) is 5.79. The first-order valence-electron chi connectivity index (χ1n) is 7.92. The number of hydrogen-bond donors (Lipinski definition) is 3. The molecule has 0 aliphatic rings. The lowest BCUT2D eigenvalue weighted by Gasteiger charge is -2.13. The summed E-state index contributed by atoms with van der Waals surface area (Å²) in [6.07, 6.45) is 0. The summed E-state index contributed by atoms with van der Waals surface area (Å²) in [5.41, 5.74) is 0.781. The Kier molecular flexibility index (Phi) is 6.36. The second kappa shape index (κ2) is 8.52. The third kappa shape index (κ3) is 5.54. The van der Waals surface area contributed by atoms with E-state index in [-0.39, 0.29) is 22.4 Å². The Morgan fingerprint density at radius 1 is 1.11 bits per heavy atom. The summed E-state index contributed by atoms with van der Waals surface area (Å²) >= 11 is 0. The van der Waals surface area contributed by atoms with Crippen LogP contribution in [0.3, 0.4) is 0 Å². The van der Waals surface area contributed by atoms with Gasteiger partial charge in [-0.2, -0.15) is 4.98 Å². The van der Waals surface area contributed by atoms with Crippen molar-refractivity contribution < 1.29 is 22.7 Å². The van der Waals surface area contributed by atoms with E-state index in [1.807, 2.05) is 4.72 Å². The minimum atomic E-state index is -4.20. The first-order chi connectivity index (χ1) is 13.1. The molecule has 0 spiro atoms. The van der Waals surface area contributed by atoms with Gasteiger partial charge in [0.2, 0.25) is 11.8 Å². The van der Waals surface area contributed by atoms with Crippen molar-refractivity contribution in [3.63, 3.8) is 0 Å². The number of amides is 4. The van der Waals surface area contributed by atoms with Crippen molar-refractivity contribution in [1.82, 2.24) is 19.6 Å². The van der Waals surface area contributed by atoms with E-state index in [9.17, 15) is 18.0 Å². The zero-order chi connectivity index (χ0) is 20.9. The van der Waals surface area contributed by atoms with Crippen molar-refractivity contribution >= 4 is 33.7 Å². The molecular formula is C16H20N6O5S. The van der Waals surface area contributed by atoms with Gasteiger partial charge in [0.15, 0.2) is 0 Å². The Bertz CT molecular complexity index is 993. The van der Waals surface area contributed by atoms with Gasteiger partial charge in [-0.1, -0.05) is 6.07 Å². The van der Waals surface area contributed by atoms with Gasteiger partial charge in [0.25, 0.3) is 10.0 Å². The van der Waals surface area contributed by atoms with Crippen molar-refractivity contribution in [2.24, 2.45) is 0 Å². The Labute approximate surface area is 162 Å². The Morgan fingerprint density at radius 3 is 2.46 bits per heavy atom. The molecule has 11 nitrogen and oxygen atoms in total. The fourth-order valence-corrected chi connectivity index (χ4v) is 2.94. The molecule has 0 saturated heterocycles. The highest BCUT2D eigenvalue weighted by molar-refractivity contribution is 7.90. The van der Waals surface area contributed by atoms with Gasteiger partial charge in [-0.15, -0.1) is 0 Å². The van der Waals surface area contributed by atoms with Crippen LogP contribution in [0.4, 0.5) is 21.2 Å². The molecule has 0 aliphatic carbocycles. The summed E-state index contributed by atoms with van der Waals surface area (Å²) in [7, 11) is 0.295. The van der Waals surface area contributed by atoms with Crippen molar-refractivity contribution in [1.29, 1.82) is 0 Å². The molecule has 0 aliphatic heterocycles.